The minimum absolute atomic E-state index is 0.0551. The second-order valence-electron chi connectivity index (χ2n) is 13.6. The van der Waals surface area contributed by atoms with Gasteiger partial charge in [0, 0.05) is 19.2 Å². The van der Waals surface area contributed by atoms with E-state index >= 15 is 0 Å². The number of rotatable bonds is 9. The standard InChI is InChI=1S/C32H46N2O7S/c1-30(2,3)23-15-21(16-24(27(23)36)31(4,5)6)29-34(26(35)19-42-29)10-8-9-33(7)11-12-37-22-17-25-28(39-20-38-25)32(18-22)40-13-14-41-32/h15-17,29,36H,8-14,18-20H2,1-7H3. The van der Waals surface area contributed by atoms with Gasteiger partial charge < -0.3 is 38.6 Å². The number of phenolic OH excluding ortho intramolecular Hbond substituents is 1. The SMILES string of the molecule is CN(CCCN1C(=O)CSC1c1cc(C(C)(C)C)c(O)c(C(C)(C)C)c1)CCOC1=CC2=C(OCO2)C2(C1)OCCO2. The fourth-order valence-electron chi connectivity index (χ4n) is 5.85. The number of phenols is 1. The molecule has 0 aromatic heterocycles. The lowest BCUT2D eigenvalue weighted by Crippen LogP contribution is -2.36. The molecule has 1 aromatic carbocycles. The van der Waals surface area contributed by atoms with Crippen LogP contribution in [0.15, 0.2) is 35.5 Å². The van der Waals surface area contributed by atoms with Gasteiger partial charge in [0.05, 0.1) is 25.4 Å². The van der Waals surface area contributed by atoms with Crippen molar-refractivity contribution >= 4 is 17.7 Å². The third-order valence-electron chi connectivity index (χ3n) is 8.14. The van der Waals surface area contributed by atoms with Crippen LogP contribution in [0.1, 0.15) is 76.4 Å². The summed E-state index contributed by atoms with van der Waals surface area (Å²) in [6.07, 6.45) is 3.18. The van der Waals surface area contributed by atoms with Crippen LogP contribution in [-0.4, -0.2) is 85.6 Å². The van der Waals surface area contributed by atoms with Gasteiger partial charge in [0.15, 0.2) is 5.76 Å². The molecular formula is C32H46N2O7S. The first-order valence-corrected chi connectivity index (χ1v) is 15.9. The molecule has 0 radical (unpaired) electrons. The highest BCUT2D eigenvalue weighted by Crippen LogP contribution is 2.46. The normalized spacial score (nSPS) is 22.1. The number of thioether (sulfide) groups is 1. The first kappa shape index (κ1) is 31.0. The lowest BCUT2D eigenvalue weighted by Gasteiger charge is -2.31. The number of carbonyl (C=O) groups excluding carboxylic acids is 1. The summed E-state index contributed by atoms with van der Waals surface area (Å²) in [5, 5.41) is 11.1. The Kier molecular flexibility index (Phi) is 8.83. The Bertz CT molecular complexity index is 1210. The molecule has 3 heterocycles. The van der Waals surface area contributed by atoms with Gasteiger partial charge >= 0.3 is 0 Å². The number of ether oxygens (including phenoxy) is 5. The van der Waals surface area contributed by atoms with Crippen molar-refractivity contribution in [1.82, 2.24) is 9.80 Å². The summed E-state index contributed by atoms with van der Waals surface area (Å²) in [6.45, 7) is 16.7. The van der Waals surface area contributed by atoms with Crippen molar-refractivity contribution in [3.05, 3.63) is 52.2 Å². The quantitative estimate of drug-likeness (QED) is 0.412. The maximum atomic E-state index is 13.0. The largest absolute Gasteiger partial charge is 0.507 e. The summed E-state index contributed by atoms with van der Waals surface area (Å²) >= 11 is 1.67. The molecule has 1 unspecified atom stereocenters. The summed E-state index contributed by atoms with van der Waals surface area (Å²) in [5.74, 6) is 2.06. The third kappa shape index (κ3) is 6.42. The molecule has 4 aliphatic rings. The van der Waals surface area contributed by atoms with E-state index in [-0.39, 0.29) is 28.9 Å². The molecule has 3 aliphatic heterocycles. The van der Waals surface area contributed by atoms with Gasteiger partial charge in [0.25, 0.3) is 0 Å². The van der Waals surface area contributed by atoms with E-state index < -0.39 is 5.79 Å². The molecule has 232 valence electrons. The molecule has 1 spiro atoms. The Labute approximate surface area is 254 Å². The summed E-state index contributed by atoms with van der Waals surface area (Å²) in [4.78, 5) is 17.2. The number of allylic oxidation sites excluding steroid dienone is 1. The molecule has 1 amide bonds. The van der Waals surface area contributed by atoms with E-state index in [9.17, 15) is 9.90 Å². The molecule has 0 saturated carbocycles. The van der Waals surface area contributed by atoms with Crippen LogP contribution in [0, 0.1) is 0 Å². The average Bonchev–Trinajstić information content (AvgIpc) is 3.64. The fourth-order valence-corrected chi connectivity index (χ4v) is 7.05. The van der Waals surface area contributed by atoms with Gasteiger partial charge in [-0.05, 0) is 59.7 Å². The first-order valence-electron chi connectivity index (χ1n) is 14.9. The van der Waals surface area contributed by atoms with Gasteiger partial charge in [0.2, 0.25) is 24.2 Å². The van der Waals surface area contributed by atoms with E-state index in [1.54, 1.807) is 11.8 Å². The van der Waals surface area contributed by atoms with Crippen LogP contribution in [0.4, 0.5) is 0 Å². The Balaban J connectivity index is 1.16. The number of amides is 1. The maximum Gasteiger partial charge on any atom is 0.239 e. The van der Waals surface area contributed by atoms with E-state index in [2.05, 4.69) is 65.6 Å². The fraction of sp³-hybridized carbons (Fsp3) is 0.656. The van der Waals surface area contributed by atoms with Crippen molar-refractivity contribution in [2.24, 2.45) is 0 Å². The zero-order chi connectivity index (χ0) is 30.3. The number of fused-ring (bicyclic) bond motifs is 1. The van der Waals surface area contributed by atoms with Crippen molar-refractivity contribution < 1.29 is 33.6 Å². The number of likely N-dealkylation sites (N-methyl/N-ethyl adjacent to an activating group) is 1. The van der Waals surface area contributed by atoms with Crippen LogP contribution >= 0.6 is 11.8 Å². The van der Waals surface area contributed by atoms with Crippen LogP contribution < -0.4 is 0 Å². The zero-order valence-electron chi connectivity index (χ0n) is 26.1. The third-order valence-corrected chi connectivity index (χ3v) is 9.40. The number of nitrogens with zero attached hydrogens (tertiary/aromatic N) is 2. The predicted octanol–water partition coefficient (Wildman–Crippen LogP) is 5.15. The van der Waals surface area contributed by atoms with Crippen LogP contribution in [0.5, 0.6) is 5.75 Å². The highest BCUT2D eigenvalue weighted by Gasteiger charge is 2.50. The van der Waals surface area contributed by atoms with Crippen molar-refractivity contribution in [2.45, 2.75) is 76.4 Å². The second-order valence-corrected chi connectivity index (χ2v) is 14.6. The number of carbonyl (C=O) groups is 1. The lowest BCUT2D eigenvalue weighted by molar-refractivity contribution is -0.160. The predicted molar refractivity (Wildman–Crippen MR) is 162 cm³/mol. The Morgan fingerprint density at radius 2 is 1.74 bits per heavy atom. The smallest absolute Gasteiger partial charge is 0.239 e. The number of aromatic hydroxyl groups is 1. The van der Waals surface area contributed by atoms with Crippen LogP contribution in [0.2, 0.25) is 0 Å². The van der Waals surface area contributed by atoms with Crippen LogP contribution in [0.3, 0.4) is 0 Å². The van der Waals surface area contributed by atoms with Gasteiger partial charge in [0.1, 0.15) is 23.5 Å². The van der Waals surface area contributed by atoms with Crippen molar-refractivity contribution in [1.29, 1.82) is 0 Å². The molecule has 0 bridgehead atoms. The highest BCUT2D eigenvalue weighted by molar-refractivity contribution is 8.00. The monoisotopic (exact) mass is 602 g/mol. The minimum atomic E-state index is -0.933. The minimum Gasteiger partial charge on any atom is -0.507 e. The number of benzene rings is 1. The van der Waals surface area contributed by atoms with E-state index in [1.165, 1.54) is 0 Å². The second kappa shape index (κ2) is 11.9. The van der Waals surface area contributed by atoms with Gasteiger partial charge in [-0.15, -0.1) is 11.8 Å². The summed E-state index contributed by atoms with van der Waals surface area (Å²) < 4.78 is 29.1. The van der Waals surface area contributed by atoms with E-state index in [0.29, 0.717) is 55.8 Å². The molecule has 5 rings (SSSR count). The number of hydrogen-bond acceptors (Lipinski definition) is 9. The molecule has 10 heteroatoms. The molecule has 1 atom stereocenters. The Hall–Kier alpha value is -2.40. The summed E-state index contributed by atoms with van der Waals surface area (Å²) in [5.41, 5.74) is 2.50. The molecule has 1 N–H and O–H groups in total. The molecule has 2 saturated heterocycles. The van der Waals surface area contributed by atoms with Gasteiger partial charge in [-0.2, -0.15) is 0 Å². The summed E-state index contributed by atoms with van der Waals surface area (Å²) in [7, 11) is 2.07. The van der Waals surface area contributed by atoms with Crippen molar-refractivity contribution in [3.8, 4) is 5.75 Å². The van der Waals surface area contributed by atoms with Gasteiger partial charge in [-0.1, -0.05) is 41.5 Å². The van der Waals surface area contributed by atoms with Gasteiger partial charge in [-0.25, -0.2) is 0 Å². The summed E-state index contributed by atoms with van der Waals surface area (Å²) in [6, 6.07) is 4.20. The van der Waals surface area contributed by atoms with Crippen LogP contribution in [-0.2, 0) is 39.3 Å². The molecule has 9 nitrogen and oxygen atoms in total. The highest BCUT2D eigenvalue weighted by atomic mass is 32.2. The van der Waals surface area contributed by atoms with Gasteiger partial charge in [-0.3, -0.25) is 4.79 Å². The molecule has 1 aliphatic carbocycles. The van der Waals surface area contributed by atoms with E-state index in [0.717, 1.165) is 42.0 Å². The molecular weight excluding hydrogens is 556 g/mol. The van der Waals surface area contributed by atoms with Crippen molar-refractivity contribution in [3.63, 3.8) is 0 Å². The number of hydrogen-bond donors (Lipinski definition) is 1. The lowest BCUT2D eigenvalue weighted by atomic mass is 9.78. The van der Waals surface area contributed by atoms with E-state index in [1.807, 2.05) is 11.0 Å². The first-order chi connectivity index (χ1) is 19.8. The van der Waals surface area contributed by atoms with Crippen LogP contribution in [0.25, 0.3) is 0 Å². The topological polar surface area (TPSA) is 89.9 Å². The zero-order valence-corrected chi connectivity index (χ0v) is 26.9. The Morgan fingerprint density at radius 3 is 2.38 bits per heavy atom. The van der Waals surface area contributed by atoms with E-state index in [4.69, 9.17) is 23.7 Å². The molecule has 1 aromatic rings. The Morgan fingerprint density at radius 1 is 1.07 bits per heavy atom. The van der Waals surface area contributed by atoms with Crippen molar-refractivity contribution in [2.75, 3.05) is 59.0 Å². The molecule has 2 fully saturated rings. The maximum absolute atomic E-state index is 13.0. The average molecular weight is 603 g/mol. The molecule has 42 heavy (non-hydrogen) atoms.